The van der Waals surface area contributed by atoms with Gasteiger partial charge in [0, 0.05) is 0 Å². The van der Waals surface area contributed by atoms with Crippen molar-refractivity contribution in [3.63, 3.8) is 0 Å². The predicted molar refractivity (Wildman–Crippen MR) is 33.2 cm³/mol. The summed E-state index contributed by atoms with van der Waals surface area (Å²) in [4.78, 5) is 10.3. The third-order valence-electron chi connectivity index (χ3n) is 0.749. The van der Waals surface area contributed by atoms with E-state index in [0.717, 1.165) is 0 Å². The fourth-order valence-electron chi connectivity index (χ4n) is 0.203. The van der Waals surface area contributed by atoms with Crippen molar-refractivity contribution in [3.05, 3.63) is 0 Å². The number of likely N-dealkylation sites (N-methyl/N-ethyl adjacent to an activating group) is 1. The maximum Gasteiger partial charge on any atom is 0.150 e. The lowest BCUT2D eigenvalue weighted by atomic mass is 10.4. The van der Waals surface area contributed by atoms with Gasteiger partial charge in [-0.2, -0.15) is 0 Å². The molecule has 0 aromatic rings. The number of carbonyl (C=O) groups excluding carboxylic acids is 1. The number of rotatable bonds is 2. The lowest BCUT2D eigenvalue weighted by molar-refractivity contribution is -0.116. The standard InChI is InChI=1S/C4H10NOP/c1-3(6)4(7)5-2/h4-5H,7H2,1-2H3. The molecule has 1 N–H and O–H groups in total. The van der Waals surface area contributed by atoms with Crippen LogP contribution in [0.25, 0.3) is 0 Å². The number of hydrogen-bond acceptors (Lipinski definition) is 2. The Bertz CT molecular complexity index is 74.1. The molecule has 0 saturated carbocycles. The second kappa shape index (κ2) is 3.11. The van der Waals surface area contributed by atoms with Crippen LogP contribution in [0.15, 0.2) is 0 Å². The summed E-state index contributed by atoms with van der Waals surface area (Å²) in [6.45, 7) is 1.55. The van der Waals surface area contributed by atoms with Crippen LogP contribution >= 0.6 is 9.24 Å². The van der Waals surface area contributed by atoms with Crippen LogP contribution in [0.3, 0.4) is 0 Å². The normalized spacial score (nSPS) is 13.6. The average molecular weight is 119 g/mol. The van der Waals surface area contributed by atoms with Crippen molar-refractivity contribution in [2.24, 2.45) is 0 Å². The fraction of sp³-hybridized carbons (Fsp3) is 0.750. The van der Waals surface area contributed by atoms with Crippen molar-refractivity contribution in [2.75, 3.05) is 7.05 Å². The quantitative estimate of drug-likeness (QED) is 0.518. The largest absolute Gasteiger partial charge is 0.307 e. The first kappa shape index (κ1) is 7.06. The summed E-state index contributed by atoms with van der Waals surface area (Å²) in [5.41, 5.74) is 0. The van der Waals surface area contributed by atoms with Crippen molar-refractivity contribution >= 4 is 15.0 Å². The second-order valence-electron chi connectivity index (χ2n) is 1.38. The van der Waals surface area contributed by atoms with Crippen LogP contribution in [0, 0.1) is 0 Å². The van der Waals surface area contributed by atoms with Crippen LogP contribution in [0.1, 0.15) is 6.92 Å². The molecule has 0 heterocycles. The van der Waals surface area contributed by atoms with Crippen molar-refractivity contribution in [1.29, 1.82) is 0 Å². The first-order chi connectivity index (χ1) is 3.18. The van der Waals surface area contributed by atoms with Gasteiger partial charge in [-0.3, -0.25) is 4.79 Å². The zero-order valence-electron chi connectivity index (χ0n) is 4.56. The van der Waals surface area contributed by atoms with Crippen LogP contribution in [-0.4, -0.2) is 18.6 Å². The van der Waals surface area contributed by atoms with Crippen molar-refractivity contribution in [3.8, 4) is 0 Å². The van der Waals surface area contributed by atoms with E-state index in [1.165, 1.54) is 0 Å². The van der Waals surface area contributed by atoms with Crippen molar-refractivity contribution < 1.29 is 4.79 Å². The Kier molecular flexibility index (Phi) is 3.14. The Hall–Kier alpha value is 0.0600. The highest BCUT2D eigenvalue weighted by Crippen LogP contribution is 1.92. The van der Waals surface area contributed by atoms with Gasteiger partial charge in [0.2, 0.25) is 0 Å². The molecule has 2 nitrogen and oxygen atoms in total. The molecule has 0 amide bonds. The van der Waals surface area contributed by atoms with Crippen LogP contribution in [0.4, 0.5) is 0 Å². The van der Waals surface area contributed by atoms with Gasteiger partial charge >= 0.3 is 0 Å². The average Bonchev–Trinajstić information content (AvgIpc) is 1.65. The molecule has 0 spiro atoms. The Morgan fingerprint density at radius 2 is 2.29 bits per heavy atom. The fourth-order valence-corrected chi connectivity index (χ4v) is 0.203. The molecular weight excluding hydrogens is 109 g/mol. The van der Waals surface area contributed by atoms with Gasteiger partial charge in [-0.05, 0) is 14.0 Å². The highest BCUT2D eigenvalue weighted by Gasteiger charge is 2.00. The third-order valence-corrected chi connectivity index (χ3v) is 1.55. The smallest absolute Gasteiger partial charge is 0.150 e. The van der Waals surface area contributed by atoms with Gasteiger partial charge in [-0.1, -0.05) is 0 Å². The Morgan fingerprint density at radius 3 is 2.29 bits per heavy atom. The SMILES string of the molecule is CNC(P)C(C)=O. The van der Waals surface area contributed by atoms with Crippen LogP contribution < -0.4 is 5.32 Å². The monoisotopic (exact) mass is 119 g/mol. The van der Waals surface area contributed by atoms with Crippen LogP contribution in [0.2, 0.25) is 0 Å². The highest BCUT2D eigenvalue weighted by molar-refractivity contribution is 7.19. The molecule has 0 rings (SSSR count). The molecule has 0 aromatic carbocycles. The summed E-state index contributed by atoms with van der Waals surface area (Å²) in [5.74, 6) is 0.0764. The van der Waals surface area contributed by atoms with Crippen molar-refractivity contribution in [2.45, 2.75) is 12.7 Å². The molecule has 42 valence electrons. The van der Waals surface area contributed by atoms with Gasteiger partial charge in [0.05, 0.1) is 5.78 Å². The minimum absolute atomic E-state index is 0.0694. The molecule has 7 heavy (non-hydrogen) atoms. The molecule has 2 atom stereocenters. The van der Waals surface area contributed by atoms with Crippen LogP contribution in [0.5, 0.6) is 0 Å². The zero-order valence-corrected chi connectivity index (χ0v) is 5.72. The van der Waals surface area contributed by atoms with Gasteiger partial charge in [-0.25, -0.2) is 0 Å². The van der Waals surface area contributed by atoms with Gasteiger partial charge in [-0.15, -0.1) is 9.24 Å². The molecule has 0 bridgehead atoms. The van der Waals surface area contributed by atoms with E-state index >= 15 is 0 Å². The first-order valence-corrected chi connectivity index (χ1v) is 2.78. The molecule has 0 aromatic heterocycles. The van der Waals surface area contributed by atoms with E-state index in [1.807, 2.05) is 0 Å². The molecule has 3 heteroatoms. The topological polar surface area (TPSA) is 29.1 Å². The van der Waals surface area contributed by atoms with Gasteiger partial charge in [0.15, 0.2) is 0 Å². The summed E-state index contributed by atoms with van der Waals surface area (Å²) in [5, 5.41) is 2.78. The number of Topliss-reactive ketones (excluding diaryl/α,β-unsaturated/α-hetero) is 1. The summed E-state index contributed by atoms with van der Waals surface area (Å²) in [6, 6.07) is 0. The summed E-state index contributed by atoms with van der Waals surface area (Å²) in [6.07, 6.45) is 0. The third kappa shape index (κ3) is 2.72. The van der Waals surface area contributed by atoms with Gasteiger partial charge in [0.1, 0.15) is 5.78 Å². The Morgan fingerprint density at radius 1 is 1.86 bits per heavy atom. The number of hydrogen-bond donors (Lipinski definition) is 1. The Labute approximate surface area is 45.9 Å². The van der Waals surface area contributed by atoms with E-state index < -0.39 is 0 Å². The number of nitrogens with one attached hydrogen (secondary N) is 1. The minimum atomic E-state index is -0.0694. The van der Waals surface area contributed by atoms with E-state index in [-0.39, 0.29) is 11.6 Å². The lowest BCUT2D eigenvalue weighted by Gasteiger charge is -2.01. The molecular formula is C4H10NOP. The van der Waals surface area contributed by atoms with E-state index in [2.05, 4.69) is 14.6 Å². The predicted octanol–water partition coefficient (Wildman–Crippen LogP) is -0.00400. The van der Waals surface area contributed by atoms with E-state index in [1.54, 1.807) is 14.0 Å². The van der Waals surface area contributed by atoms with Crippen molar-refractivity contribution in [1.82, 2.24) is 5.32 Å². The van der Waals surface area contributed by atoms with Crippen LogP contribution in [-0.2, 0) is 4.79 Å². The highest BCUT2D eigenvalue weighted by atomic mass is 31.0. The van der Waals surface area contributed by atoms with E-state index in [4.69, 9.17) is 0 Å². The minimum Gasteiger partial charge on any atom is -0.307 e. The zero-order chi connectivity index (χ0) is 5.86. The summed E-state index contributed by atoms with van der Waals surface area (Å²) >= 11 is 0. The van der Waals surface area contributed by atoms with E-state index in [9.17, 15) is 4.79 Å². The molecule has 0 fully saturated rings. The maximum absolute atomic E-state index is 10.3. The van der Waals surface area contributed by atoms with E-state index in [0.29, 0.717) is 0 Å². The second-order valence-corrected chi connectivity index (χ2v) is 2.04. The number of carbonyl (C=O) groups is 1. The molecule has 0 radical (unpaired) electrons. The number of ketones is 1. The summed E-state index contributed by atoms with van der Waals surface area (Å²) in [7, 11) is 4.14. The molecule has 0 aliphatic carbocycles. The maximum atomic E-state index is 10.3. The van der Waals surface area contributed by atoms with Gasteiger partial charge in [0.25, 0.3) is 0 Å². The van der Waals surface area contributed by atoms with Gasteiger partial charge < -0.3 is 5.32 Å². The Balaban J connectivity index is 3.34. The molecule has 2 unspecified atom stereocenters. The first-order valence-electron chi connectivity index (χ1n) is 2.11. The molecule has 0 aliphatic heterocycles. The molecule has 0 aliphatic rings. The lowest BCUT2D eigenvalue weighted by Crippen LogP contribution is -2.24. The summed E-state index contributed by atoms with van der Waals surface area (Å²) < 4.78 is 0. The molecule has 0 saturated heterocycles.